The second kappa shape index (κ2) is 9.78. The van der Waals surface area contributed by atoms with Gasteiger partial charge in [-0.15, -0.1) is 0 Å². The monoisotopic (exact) mass is 267 g/mol. The summed E-state index contributed by atoms with van der Waals surface area (Å²) in [6.45, 7) is 4.62. The minimum atomic E-state index is -0.174. The number of benzene rings is 1. The molecule has 1 aromatic carbocycles. The van der Waals surface area contributed by atoms with E-state index in [1.165, 1.54) is 0 Å². The minimum absolute atomic E-state index is 0.174. The van der Waals surface area contributed by atoms with Crippen LogP contribution in [-0.2, 0) is 9.47 Å². The number of hydrogen-bond donors (Lipinski definition) is 1. The van der Waals surface area contributed by atoms with E-state index < -0.39 is 0 Å². The second-order valence-corrected chi connectivity index (χ2v) is 4.39. The standard InChI is InChI=1S/C15H25NO3/c1-3-4-9-18-10-11-19-12-14(16)13-7-5-6-8-15(13)17-2/h5-8,14H,3-4,9-12,16H2,1-2H3. The molecule has 0 bridgehead atoms. The van der Waals surface area contributed by atoms with Gasteiger partial charge in [0.25, 0.3) is 0 Å². The Morgan fingerprint density at radius 3 is 2.58 bits per heavy atom. The molecule has 0 aromatic heterocycles. The van der Waals surface area contributed by atoms with Gasteiger partial charge in [-0.25, -0.2) is 0 Å². The SMILES string of the molecule is CCCCOCCOCC(N)c1ccccc1OC. The summed E-state index contributed by atoms with van der Waals surface area (Å²) in [5, 5.41) is 0. The summed E-state index contributed by atoms with van der Waals surface area (Å²) in [4.78, 5) is 0. The molecule has 1 atom stereocenters. The van der Waals surface area contributed by atoms with E-state index in [0.29, 0.717) is 19.8 Å². The molecule has 0 aliphatic heterocycles. The van der Waals surface area contributed by atoms with Gasteiger partial charge in [0.15, 0.2) is 0 Å². The molecule has 108 valence electrons. The molecule has 0 amide bonds. The average Bonchev–Trinajstić information content (AvgIpc) is 2.46. The summed E-state index contributed by atoms with van der Waals surface area (Å²) in [5.74, 6) is 0.804. The Balaban J connectivity index is 2.22. The maximum atomic E-state index is 6.09. The third-order valence-corrected chi connectivity index (χ3v) is 2.85. The largest absolute Gasteiger partial charge is 0.496 e. The molecular weight excluding hydrogens is 242 g/mol. The van der Waals surface area contributed by atoms with Crippen LogP contribution in [0.1, 0.15) is 31.4 Å². The van der Waals surface area contributed by atoms with Crippen molar-refractivity contribution in [1.82, 2.24) is 0 Å². The summed E-state index contributed by atoms with van der Waals surface area (Å²) in [6.07, 6.45) is 2.25. The van der Waals surface area contributed by atoms with Gasteiger partial charge < -0.3 is 19.9 Å². The Hall–Kier alpha value is -1.10. The topological polar surface area (TPSA) is 53.7 Å². The first-order valence-corrected chi connectivity index (χ1v) is 6.83. The lowest BCUT2D eigenvalue weighted by Gasteiger charge is -2.15. The zero-order chi connectivity index (χ0) is 13.9. The molecule has 0 spiro atoms. The summed E-state index contributed by atoms with van der Waals surface area (Å²) in [5.41, 5.74) is 7.06. The Bertz CT molecular complexity index is 344. The maximum Gasteiger partial charge on any atom is 0.123 e. The van der Waals surface area contributed by atoms with E-state index in [2.05, 4.69) is 6.92 Å². The summed E-state index contributed by atoms with van der Waals surface area (Å²) < 4.78 is 16.2. The van der Waals surface area contributed by atoms with E-state index in [1.807, 2.05) is 24.3 Å². The van der Waals surface area contributed by atoms with Crippen LogP contribution in [0.5, 0.6) is 5.75 Å². The number of rotatable bonds is 10. The molecule has 0 aliphatic rings. The zero-order valence-electron chi connectivity index (χ0n) is 11.9. The van der Waals surface area contributed by atoms with Crippen molar-refractivity contribution in [3.63, 3.8) is 0 Å². The molecule has 2 N–H and O–H groups in total. The molecule has 1 unspecified atom stereocenters. The number of methoxy groups -OCH3 is 1. The normalized spacial score (nSPS) is 12.4. The lowest BCUT2D eigenvalue weighted by atomic mass is 10.1. The van der Waals surface area contributed by atoms with Crippen molar-refractivity contribution < 1.29 is 14.2 Å². The van der Waals surface area contributed by atoms with E-state index >= 15 is 0 Å². The molecule has 0 heterocycles. The minimum Gasteiger partial charge on any atom is -0.496 e. The highest BCUT2D eigenvalue weighted by Gasteiger charge is 2.11. The van der Waals surface area contributed by atoms with Crippen molar-refractivity contribution in [3.05, 3.63) is 29.8 Å². The maximum absolute atomic E-state index is 6.09. The van der Waals surface area contributed by atoms with E-state index in [0.717, 1.165) is 30.8 Å². The van der Waals surface area contributed by atoms with Gasteiger partial charge in [0.05, 0.1) is 33.0 Å². The van der Waals surface area contributed by atoms with Crippen LogP contribution in [0.3, 0.4) is 0 Å². The number of hydrogen-bond acceptors (Lipinski definition) is 4. The highest BCUT2D eigenvalue weighted by atomic mass is 16.5. The van der Waals surface area contributed by atoms with E-state index in [4.69, 9.17) is 19.9 Å². The fourth-order valence-electron chi connectivity index (χ4n) is 1.74. The van der Waals surface area contributed by atoms with Gasteiger partial charge in [-0.05, 0) is 12.5 Å². The fourth-order valence-corrected chi connectivity index (χ4v) is 1.74. The van der Waals surface area contributed by atoms with E-state index in [9.17, 15) is 0 Å². The number of ether oxygens (including phenoxy) is 3. The molecule has 0 saturated heterocycles. The van der Waals surface area contributed by atoms with Gasteiger partial charge in [-0.2, -0.15) is 0 Å². The first-order chi connectivity index (χ1) is 9.29. The molecule has 1 rings (SSSR count). The number of unbranched alkanes of at least 4 members (excludes halogenated alkanes) is 1. The van der Waals surface area contributed by atoms with Gasteiger partial charge in [0.2, 0.25) is 0 Å². The van der Waals surface area contributed by atoms with Gasteiger partial charge in [0.1, 0.15) is 5.75 Å². The Labute approximate surface area is 115 Å². The van der Waals surface area contributed by atoms with Gasteiger partial charge >= 0.3 is 0 Å². The van der Waals surface area contributed by atoms with Crippen LogP contribution in [0, 0.1) is 0 Å². The lowest BCUT2D eigenvalue weighted by molar-refractivity contribution is 0.0414. The van der Waals surface area contributed by atoms with Crippen molar-refractivity contribution in [3.8, 4) is 5.75 Å². The van der Waals surface area contributed by atoms with E-state index in [-0.39, 0.29) is 6.04 Å². The zero-order valence-corrected chi connectivity index (χ0v) is 11.9. The lowest BCUT2D eigenvalue weighted by Crippen LogP contribution is -2.19. The highest BCUT2D eigenvalue weighted by molar-refractivity contribution is 5.35. The van der Waals surface area contributed by atoms with Crippen LogP contribution in [0.15, 0.2) is 24.3 Å². The summed E-state index contributed by atoms with van der Waals surface area (Å²) in [6, 6.07) is 7.57. The summed E-state index contributed by atoms with van der Waals surface area (Å²) >= 11 is 0. The van der Waals surface area contributed by atoms with Gasteiger partial charge in [-0.1, -0.05) is 31.5 Å². The molecule has 0 fully saturated rings. The van der Waals surface area contributed by atoms with Crippen molar-refractivity contribution in [2.45, 2.75) is 25.8 Å². The first-order valence-electron chi connectivity index (χ1n) is 6.83. The van der Waals surface area contributed by atoms with Crippen LogP contribution in [0.2, 0.25) is 0 Å². The molecule has 4 heteroatoms. The Morgan fingerprint density at radius 1 is 1.11 bits per heavy atom. The van der Waals surface area contributed by atoms with Crippen molar-refractivity contribution in [1.29, 1.82) is 0 Å². The highest BCUT2D eigenvalue weighted by Crippen LogP contribution is 2.23. The first kappa shape index (κ1) is 16.0. The molecule has 0 aliphatic carbocycles. The molecule has 0 saturated carbocycles. The van der Waals surface area contributed by atoms with Gasteiger partial charge in [0, 0.05) is 12.2 Å². The number of para-hydroxylation sites is 1. The van der Waals surface area contributed by atoms with Crippen molar-refractivity contribution in [2.75, 3.05) is 33.5 Å². The molecule has 0 radical (unpaired) electrons. The molecular formula is C15H25NO3. The average molecular weight is 267 g/mol. The van der Waals surface area contributed by atoms with Crippen LogP contribution in [-0.4, -0.2) is 33.5 Å². The van der Waals surface area contributed by atoms with E-state index in [1.54, 1.807) is 7.11 Å². The number of nitrogens with two attached hydrogens (primary N) is 1. The van der Waals surface area contributed by atoms with Crippen LogP contribution < -0.4 is 10.5 Å². The smallest absolute Gasteiger partial charge is 0.123 e. The predicted octanol–water partition coefficient (Wildman–Crippen LogP) is 2.53. The van der Waals surface area contributed by atoms with Crippen molar-refractivity contribution >= 4 is 0 Å². The van der Waals surface area contributed by atoms with Crippen LogP contribution >= 0.6 is 0 Å². The third kappa shape index (κ3) is 6.05. The Kier molecular flexibility index (Phi) is 8.21. The van der Waals surface area contributed by atoms with Gasteiger partial charge in [-0.3, -0.25) is 0 Å². The van der Waals surface area contributed by atoms with Crippen LogP contribution in [0.4, 0.5) is 0 Å². The predicted molar refractivity (Wildman–Crippen MR) is 76.5 cm³/mol. The molecule has 4 nitrogen and oxygen atoms in total. The fraction of sp³-hybridized carbons (Fsp3) is 0.600. The molecule has 19 heavy (non-hydrogen) atoms. The Morgan fingerprint density at radius 2 is 1.84 bits per heavy atom. The van der Waals surface area contributed by atoms with Crippen LogP contribution in [0.25, 0.3) is 0 Å². The third-order valence-electron chi connectivity index (χ3n) is 2.85. The second-order valence-electron chi connectivity index (χ2n) is 4.39. The molecule has 1 aromatic rings. The quantitative estimate of drug-likeness (QED) is 0.662. The van der Waals surface area contributed by atoms with Crippen molar-refractivity contribution in [2.24, 2.45) is 5.73 Å². The summed E-state index contributed by atoms with van der Waals surface area (Å²) in [7, 11) is 1.65.